The second kappa shape index (κ2) is 11.2. The lowest BCUT2D eigenvalue weighted by Crippen LogP contribution is -2.35. The normalized spacial score (nSPS) is 16.8. The van der Waals surface area contributed by atoms with E-state index in [1.54, 1.807) is 20.4 Å². The third-order valence-electron chi connectivity index (χ3n) is 8.12. The van der Waals surface area contributed by atoms with E-state index in [2.05, 4.69) is 65.6 Å². The van der Waals surface area contributed by atoms with E-state index in [1.807, 2.05) is 12.1 Å². The zero-order chi connectivity index (χ0) is 27.6. The van der Waals surface area contributed by atoms with Crippen molar-refractivity contribution in [3.05, 3.63) is 58.8 Å². The molecule has 0 unspecified atom stereocenters. The zero-order valence-corrected chi connectivity index (χ0v) is 23.6. The molecule has 0 atom stereocenters. The summed E-state index contributed by atoms with van der Waals surface area (Å²) in [6.45, 7) is 11.3. The van der Waals surface area contributed by atoms with E-state index < -0.39 is 0 Å². The van der Waals surface area contributed by atoms with Crippen molar-refractivity contribution in [2.75, 3.05) is 57.6 Å². The Kier molecular flexibility index (Phi) is 7.74. The summed E-state index contributed by atoms with van der Waals surface area (Å²) in [7, 11) is 3.46. The topological polar surface area (TPSA) is 95.3 Å². The molecule has 8 heteroatoms. The molecule has 2 N–H and O–H groups in total. The fraction of sp³-hybridized carbons (Fsp3) is 0.452. The monoisotopic (exact) mass is 526 g/mol. The molecule has 5 rings (SSSR count). The summed E-state index contributed by atoms with van der Waals surface area (Å²) >= 11 is 0. The molecule has 0 saturated carbocycles. The summed E-state index contributed by atoms with van der Waals surface area (Å²) in [5.74, 6) is 1.78. The fourth-order valence-electron chi connectivity index (χ4n) is 5.81. The Morgan fingerprint density at radius 3 is 2.69 bits per heavy atom. The zero-order valence-electron chi connectivity index (χ0n) is 23.6. The van der Waals surface area contributed by atoms with Crippen LogP contribution in [0.4, 0.5) is 17.3 Å². The van der Waals surface area contributed by atoms with Crippen molar-refractivity contribution in [2.45, 2.75) is 44.9 Å². The van der Waals surface area contributed by atoms with Crippen molar-refractivity contribution >= 4 is 17.3 Å². The van der Waals surface area contributed by atoms with Gasteiger partial charge in [0.15, 0.2) is 0 Å². The Morgan fingerprint density at radius 1 is 1.18 bits per heavy atom. The lowest BCUT2D eigenvalue weighted by atomic mass is 9.85. The number of nitrogens with one attached hydrogen (secondary N) is 2. The standard InChI is InChI=1S/C31H38N6O2/c1-20-14-27(28(39-5)17-24(20)21-7-10-37(11-8-21)12-13-38-4)36-30-33-9-6-26(35-30)22-15-23(18-32)29-25(16-22)31(2,3)19-34-29/h6,9,14-17,21,34H,7-8,10-13,19H2,1-5H3,(H,33,35,36). The Morgan fingerprint density at radius 2 is 1.97 bits per heavy atom. The van der Waals surface area contributed by atoms with Gasteiger partial charge in [0.1, 0.15) is 11.8 Å². The van der Waals surface area contributed by atoms with Crippen molar-refractivity contribution in [3.63, 3.8) is 0 Å². The summed E-state index contributed by atoms with van der Waals surface area (Å²) in [5, 5.41) is 16.6. The summed E-state index contributed by atoms with van der Waals surface area (Å²) in [4.78, 5) is 11.8. The number of likely N-dealkylation sites (tertiary alicyclic amines) is 1. The Balaban J connectivity index is 1.38. The van der Waals surface area contributed by atoms with Crippen LogP contribution in [0, 0.1) is 18.3 Å². The second-order valence-corrected chi connectivity index (χ2v) is 11.2. The van der Waals surface area contributed by atoms with Gasteiger partial charge in [-0.3, -0.25) is 0 Å². The largest absolute Gasteiger partial charge is 0.495 e. The van der Waals surface area contributed by atoms with Crippen molar-refractivity contribution in [3.8, 4) is 23.1 Å². The minimum Gasteiger partial charge on any atom is -0.495 e. The van der Waals surface area contributed by atoms with Crippen molar-refractivity contribution < 1.29 is 9.47 Å². The van der Waals surface area contributed by atoms with Crippen LogP contribution >= 0.6 is 0 Å². The lowest BCUT2D eigenvalue weighted by molar-refractivity contribution is 0.130. The molecule has 0 aliphatic carbocycles. The summed E-state index contributed by atoms with van der Waals surface area (Å²) in [6.07, 6.45) is 4.01. The number of nitrogens with zero attached hydrogens (tertiary/aromatic N) is 4. The van der Waals surface area contributed by atoms with Crippen molar-refractivity contribution in [1.29, 1.82) is 5.26 Å². The van der Waals surface area contributed by atoms with E-state index in [-0.39, 0.29) is 5.41 Å². The highest BCUT2D eigenvalue weighted by molar-refractivity contribution is 5.76. The van der Waals surface area contributed by atoms with Gasteiger partial charge in [-0.2, -0.15) is 5.26 Å². The highest BCUT2D eigenvalue weighted by Gasteiger charge is 2.32. The molecule has 2 aliphatic heterocycles. The van der Waals surface area contributed by atoms with E-state index in [9.17, 15) is 5.26 Å². The van der Waals surface area contributed by atoms with Gasteiger partial charge in [-0.15, -0.1) is 0 Å². The van der Waals surface area contributed by atoms with Crippen LogP contribution in [-0.2, 0) is 10.2 Å². The molecule has 1 aromatic heterocycles. The lowest BCUT2D eigenvalue weighted by Gasteiger charge is -2.33. The number of anilines is 3. The highest BCUT2D eigenvalue weighted by Crippen LogP contribution is 2.41. The van der Waals surface area contributed by atoms with Gasteiger partial charge in [0.2, 0.25) is 5.95 Å². The average molecular weight is 527 g/mol. The quantitative estimate of drug-likeness (QED) is 0.391. The molecule has 0 bridgehead atoms. The maximum absolute atomic E-state index is 9.78. The van der Waals surface area contributed by atoms with Gasteiger partial charge < -0.3 is 25.0 Å². The first-order chi connectivity index (χ1) is 18.8. The molecule has 0 radical (unpaired) electrons. The van der Waals surface area contributed by atoms with E-state index >= 15 is 0 Å². The summed E-state index contributed by atoms with van der Waals surface area (Å²) in [6, 6.07) is 12.6. The Bertz CT molecular complexity index is 1390. The first-order valence-corrected chi connectivity index (χ1v) is 13.7. The molecule has 0 spiro atoms. The molecule has 8 nitrogen and oxygen atoms in total. The van der Waals surface area contributed by atoms with Crippen molar-refractivity contribution in [1.82, 2.24) is 14.9 Å². The minimum atomic E-state index is -0.0573. The maximum atomic E-state index is 9.78. The van der Waals surface area contributed by atoms with Gasteiger partial charge in [-0.25, -0.2) is 9.97 Å². The van der Waals surface area contributed by atoms with Gasteiger partial charge in [-0.1, -0.05) is 13.8 Å². The molecule has 2 aliphatic rings. The average Bonchev–Trinajstić information content (AvgIpc) is 3.26. The van der Waals surface area contributed by atoms with Crippen LogP contribution in [0.25, 0.3) is 11.3 Å². The number of aromatic nitrogens is 2. The van der Waals surface area contributed by atoms with Gasteiger partial charge in [0.05, 0.1) is 36.3 Å². The van der Waals surface area contributed by atoms with Gasteiger partial charge in [-0.05, 0) is 85.8 Å². The number of ether oxygens (including phenoxy) is 2. The molecule has 2 aromatic carbocycles. The summed E-state index contributed by atoms with van der Waals surface area (Å²) < 4.78 is 11.1. The molecular weight excluding hydrogens is 488 g/mol. The van der Waals surface area contributed by atoms with E-state index in [0.29, 0.717) is 17.4 Å². The number of piperidine rings is 1. The smallest absolute Gasteiger partial charge is 0.227 e. The Hall–Kier alpha value is -3.67. The third kappa shape index (κ3) is 5.56. The third-order valence-corrected chi connectivity index (χ3v) is 8.12. The molecular formula is C31H38N6O2. The predicted octanol–water partition coefficient (Wildman–Crippen LogP) is 5.60. The SMILES string of the molecule is COCCN1CCC(c2cc(OC)c(Nc3nccc(-c4cc(C#N)c5c(c4)C(C)(C)CN5)n3)cc2C)CC1. The highest BCUT2D eigenvalue weighted by atomic mass is 16.5. The molecule has 204 valence electrons. The molecule has 0 amide bonds. The fourth-order valence-corrected chi connectivity index (χ4v) is 5.81. The van der Waals surface area contributed by atoms with Crippen LogP contribution in [0.5, 0.6) is 5.75 Å². The molecule has 1 saturated heterocycles. The van der Waals surface area contributed by atoms with Crippen LogP contribution < -0.4 is 15.4 Å². The maximum Gasteiger partial charge on any atom is 0.227 e. The van der Waals surface area contributed by atoms with E-state index in [4.69, 9.17) is 14.5 Å². The van der Waals surface area contributed by atoms with Gasteiger partial charge in [0.25, 0.3) is 0 Å². The van der Waals surface area contributed by atoms with Crippen LogP contribution in [0.1, 0.15) is 54.9 Å². The molecule has 1 fully saturated rings. The molecule has 3 aromatic rings. The number of hydrogen-bond acceptors (Lipinski definition) is 8. The first kappa shape index (κ1) is 26.9. The first-order valence-electron chi connectivity index (χ1n) is 13.7. The van der Waals surface area contributed by atoms with Crippen LogP contribution in [0.3, 0.4) is 0 Å². The number of nitriles is 1. The van der Waals surface area contributed by atoms with E-state index in [1.165, 1.54) is 11.1 Å². The van der Waals surface area contributed by atoms with Crippen molar-refractivity contribution in [2.24, 2.45) is 0 Å². The Labute approximate surface area is 231 Å². The number of benzene rings is 2. The van der Waals surface area contributed by atoms with Crippen LogP contribution in [0.2, 0.25) is 0 Å². The number of rotatable bonds is 8. The second-order valence-electron chi connectivity index (χ2n) is 11.2. The van der Waals surface area contributed by atoms with E-state index in [0.717, 1.165) is 79.6 Å². The number of hydrogen-bond donors (Lipinski definition) is 2. The predicted molar refractivity (Wildman–Crippen MR) is 155 cm³/mol. The molecule has 39 heavy (non-hydrogen) atoms. The molecule has 3 heterocycles. The van der Waals surface area contributed by atoms with Gasteiger partial charge >= 0.3 is 0 Å². The number of fused-ring (bicyclic) bond motifs is 1. The summed E-state index contributed by atoms with van der Waals surface area (Å²) in [5.41, 5.74) is 7.74. The number of methoxy groups -OCH3 is 2. The minimum absolute atomic E-state index is 0.0573. The van der Waals surface area contributed by atoms with Crippen LogP contribution in [-0.4, -0.2) is 61.9 Å². The number of aryl methyl sites for hydroxylation is 1. The van der Waals surface area contributed by atoms with Gasteiger partial charge in [0, 0.05) is 37.4 Å². The van der Waals surface area contributed by atoms with Crippen LogP contribution in [0.15, 0.2) is 36.5 Å².